The third kappa shape index (κ3) is 1.87. The van der Waals surface area contributed by atoms with Gasteiger partial charge < -0.3 is 5.11 Å². The van der Waals surface area contributed by atoms with E-state index in [0.717, 1.165) is 17.6 Å². The van der Waals surface area contributed by atoms with Crippen molar-refractivity contribution in [3.8, 4) is 0 Å². The van der Waals surface area contributed by atoms with Crippen LogP contribution in [0.5, 0.6) is 0 Å². The fourth-order valence-corrected chi connectivity index (χ4v) is 2.76. The number of aliphatic carboxylic acids is 1. The van der Waals surface area contributed by atoms with Crippen LogP contribution >= 0.6 is 0 Å². The molecule has 1 aliphatic rings. The Balaban J connectivity index is 2.75. The number of hydrogen-bond donors (Lipinski definition) is 1. The third-order valence-corrected chi connectivity index (χ3v) is 3.76. The SMILES string of the molecule is O=C(O)C1=C(c2ccccc2F)C=CS1(=O)=O. The lowest BCUT2D eigenvalue weighted by Gasteiger charge is -2.03. The third-order valence-electron chi connectivity index (χ3n) is 2.30. The number of allylic oxidation sites excluding steroid dienone is 2. The van der Waals surface area contributed by atoms with E-state index in [9.17, 15) is 17.6 Å². The Bertz CT molecular complexity index is 656. The van der Waals surface area contributed by atoms with Crippen LogP contribution in [0.1, 0.15) is 5.56 Å². The number of rotatable bonds is 2. The summed E-state index contributed by atoms with van der Waals surface area (Å²) in [5, 5.41) is 9.63. The van der Waals surface area contributed by atoms with Crippen molar-refractivity contribution in [3.05, 3.63) is 52.0 Å². The highest BCUT2D eigenvalue weighted by Crippen LogP contribution is 2.32. The Hall–Kier alpha value is -1.95. The van der Waals surface area contributed by atoms with Crippen molar-refractivity contribution < 1.29 is 22.7 Å². The number of benzene rings is 1. The molecular weight excluding hydrogens is 247 g/mol. The largest absolute Gasteiger partial charge is 0.477 e. The monoisotopic (exact) mass is 254 g/mol. The summed E-state index contributed by atoms with van der Waals surface area (Å²) in [5.41, 5.74) is -0.169. The van der Waals surface area contributed by atoms with Crippen molar-refractivity contribution in [2.24, 2.45) is 0 Å². The van der Waals surface area contributed by atoms with Crippen molar-refractivity contribution in [3.63, 3.8) is 0 Å². The molecule has 0 fully saturated rings. The van der Waals surface area contributed by atoms with E-state index in [2.05, 4.69) is 0 Å². The molecule has 0 radical (unpaired) electrons. The first-order valence-electron chi connectivity index (χ1n) is 4.59. The van der Waals surface area contributed by atoms with Gasteiger partial charge in [-0.3, -0.25) is 0 Å². The van der Waals surface area contributed by atoms with Gasteiger partial charge >= 0.3 is 5.97 Å². The van der Waals surface area contributed by atoms with E-state index >= 15 is 0 Å². The first-order valence-corrected chi connectivity index (χ1v) is 6.14. The molecule has 0 aromatic heterocycles. The van der Waals surface area contributed by atoms with E-state index in [1.165, 1.54) is 18.2 Å². The smallest absolute Gasteiger partial charge is 0.348 e. The van der Waals surface area contributed by atoms with Crippen LogP contribution in [-0.4, -0.2) is 19.5 Å². The van der Waals surface area contributed by atoms with Crippen molar-refractivity contribution in [1.29, 1.82) is 0 Å². The van der Waals surface area contributed by atoms with Crippen LogP contribution in [0.2, 0.25) is 0 Å². The fourth-order valence-electron chi connectivity index (χ4n) is 1.58. The van der Waals surface area contributed by atoms with Crippen molar-refractivity contribution in [2.45, 2.75) is 0 Å². The Kier molecular flexibility index (Phi) is 2.59. The van der Waals surface area contributed by atoms with E-state index in [1.807, 2.05) is 0 Å². The van der Waals surface area contributed by atoms with Gasteiger partial charge in [0.15, 0.2) is 4.91 Å². The molecule has 4 nitrogen and oxygen atoms in total. The molecule has 1 aromatic carbocycles. The summed E-state index contributed by atoms with van der Waals surface area (Å²) in [4.78, 5) is 10.1. The highest BCUT2D eigenvalue weighted by atomic mass is 32.2. The van der Waals surface area contributed by atoms with Gasteiger partial charge in [0.2, 0.25) is 9.84 Å². The number of hydrogen-bond acceptors (Lipinski definition) is 3. The van der Waals surface area contributed by atoms with Crippen LogP contribution in [-0.2, 0) is 14.6 Å². The lowest BCUT2D eigenvalue weighted by molar-refractivity contribution is -0.131. The highest BCUT2D eigenvalue weighted by Gasteiger charge is 2.31. The number of sulfone groups is 1. The van der Waals surface area contributed by atoms with Crippen LogP contribution < -0.4 is 0 Å². The average Bonchev–Trinajstić information content (AvgIpc) is 2.54. The molecule has 1 heterocycles. The Morgan fingerprint density at radius 2 is 1.88 bits per heavy atom. The minimum absolute atomic E-state index is 0.0396. The molecule has 1 aromatic rings. The zero-order valence-corrected chi connectivity index (χ0v) is 9.24. The van der Waals surface area contributed by atoms with Gasteiger partial charge in [-0.1, -0.05) is 18.2 Å². The Labute approximate surface area is 96.6 Å². The first kappa shape index (κ1) is 11.5. The van der Waals surface area contributed by atoms with Crippen molar-refractivity contribution in [1.82, 2.24) is 0 Å². The minimum Gasteiger partial charge on any atom is -0.477 e. The van der Waals surface area contributed by atoms with E-state index in [-0.39, 0.29) is 11.1 Å². The number of carboxylic acid groups (broad SMARTS) is 1. The molecule has 1 N–H and O–H groups in total. The number of carboxylic acids is 1. The molecular formula is C11H7FO4S. The zero-order chi connectivity index (χ0) is 12.6. The predicted octanol–water partition coefficient (Wildman–Crippen LogP) is 1.56. The fraction of sp³-hybridized carbons (Fsp3) is 0. The maximum absolute atomic E-state index is 13.5. The van der Waals surface area contributed by atoms with E-state index < -0.39 is 26.5 Å². The van der Waals surface area contributed by atoms with E-state index in [0.29, 0.717) is 0 Å². The topological polar surface area (TPSA) is 71.4 Å². The average molecular weight is 254 g/mol. The lowest BCUT2D eigenvalue weighted by Crippen LogP contribution is -2.09. The molecule has 6 heteroatoms. The van der Waals surface area contributed by atoms with Gasteiger partial charge in [-0.05, 0) is 12.1 Å². The summed E-state index contributed by atoms with van der Waals surface area (Å²) in [7, 11) is -3.97. The maximum Gasteiger partial charge on any atom is 0.348 e. The molecule has 0 unspecified atom stereocenters. The van der Waals surface area contributed by atoms with Crippen LogP contribution in [0, 0.1) is 5.82 Å². The van der Waals surface area contributed by atoms with Gasteiger partial charge in [0.1, 0.15) is 5.82 Å². The van der Waals surface area contributed by atoms with Crippen LogP contribution in [0.15, 0.2) is 40.7 Å². The second-order valence-electron chi connectivity index (χ2n) is 3.38. The molecule has 0 saturated heterocycles. The van der Waals surface area contributed by atoms with Gasteiger partial charge in [0, 0.05) is 16.5 Å². The predicted molar refractivity (Wildman–Crippen MR) is 59.0 cm³/mol. The zero-order valence-electron chi connectivity index (χ0n) is 8.42. The highest BCUT2D eigenvalue weighted by molar-refractivity contribution is 7.99. The Morgan fingerprint density at radius 3 is 2.47 bits per heavy atom. The molecule has 0 saturated carbocycles. The molecule has 0 spiro atoms. The van der Waals surface area contributed by atoms with Crippen molar-refractivity contribution >= 4 is 21.4 Å². The first-order chi connectivity index (χ1) is 7.93. The van der Waals surface area contributed by atoms with E-state index in [1.54, 1.807) is 0 Å². The van der Waals surface area contributed by atoms with E-state index in [4.69, 9.17) is 5.11 Å². The van der Waals surface area contributed by atoms with Gasteiger partial charge in [-0.2, -0.15) is 0 Å². The summed E-state index contributed by atoms with van der Waals surface area (Å²) in [6, 6.07) is 5.41. The Morgan fingerprint density at radius 1 is 1.24 bits per heavy atom. The molecule has 1 aliphatic heterocycles. The van der Waals surface area contributed by atoms with Gasteiger partial charge in [0.25, 0.3) is 0 Å². The van der Waals surface area contributed by atoms with Gasteiger partial charge in [0.05, 0.1) is 0 Å². The summed E-state index contributed by atoms with van der Waals surface area (Å²) in [6.45, 7) is 0. The second-order valence-corrected chi connectivity index (χ2v) is 5.15. The number of carbonyl (C=O) groups is 1. The molecule has 0 aliphatic carbocycles. The molecule has 0 amide bonds. The standard InChI is InChI=1S/C11H7FO4S/c12-9-4-2-1-3-7(9)8-5-6-17(15,16)10(8)11(13)14/h1-6H,(H,13,14). The summed E-state index contributed by atoms with van der Waals surface area (Å²) in [6.07, 6.45) is 1.09. The molecule has 0 bridgehead atoms. The summed E-state index contributed by atoms with van der Waals surface area (Å²) < 4.78 is 36.4. The quantitative estimate of drug-likeness (QED) is 0.869. The van der Waals surface area contributed by atoms with Crippen molar-refractivity contribution in [2.75, 3.05) is 0 Å². The molecule has 2 rings (SSSR count). The molecule has 17 heavy (non-hydrogen) atoms. The molecule has 0 atom stereocenters. The lowest BCUT2D eigenvalue weighted by atomic mass is 10.1. The second kappa shape index (κ2) is 3.81. The summed E-state index contributed by atoms with van der Waals surface area (Å²) in [5.74, 6) is -2.25. The van der Waals surface area contributed by atoms with Gasteiger partial charge in [-0.25, -0.2) is 17.6 Å². The normalized spacial score (nSPS) is 17.5. The minimum atomic E-state index is -3.97. The van der Waals surface area contributed by atoms with Crippen LogP contribution in [0.25, 0.3) is 5.57 Å². The van der Waals surface area contributed by atoms with Crippen LogP contribution in [0.4, 0.5) is 4.39 Å². The number of halogens is 1. The molecule has 88 valence electrons. The maximum atomic E-state index is 13.5. The van der Waals surface area contributed by atoms with Gasteiger partial charge in [-0.15, -0.1) is 0 Å². The van der Waals surface area contributed by atoms with Crippen LogP contribution in [0.3, 0.4) is 0 Å². The summed E-state index contributed by atoms with van der Waals surface area (Å²) >= 11 is 0.